The first-order valence-corrected chi connectivity index (χ1v) is 9.98. The van der Waals surface area contributed by atoms with E-state index in [9.17, 15) is 18.0 Å². The van der Waals surface area contributed by atoms with E-state index in [2.05, 4.69) is 20.6 Å². The lowest BCUT2D eigenvalue weighted by molar-refractivity contribution is -0.192. The Morgan fingerprint density at radius 1 is 1.37 bits per heavy atom. The van der Waals surface area contributed by atoms with Gasteiger partial charge in [0, 0.05) is 23.7 Å². The van der Waals surface area contributed by atoms with Gasteiger partial charge in [0.05, 0.1) is 29.8 Å². The van der Waals surface area contributed by atoms with Crippen molar-refractivity contribution in [3.63, 3.8) is 0 Å². The first-order valence-electron chi connectivity index (χ1n) is 9.11. The first kappa shape index (κ1) is 23.7. The highest BCUT2D eigenvalue weighted by molar-refractivity contribution is 7.09. The van der Waals surface area contributed by atoms with Crippen molar-refractivity contribution in [3.8, 4) is 0 Å². The van der Waals surface area contributed by atoms with Crippen LogP contribution in [0.25, 0.3) is 0 Å². The molecule has 0 saturated carbocycles. The number of carboxylic acids is 1. The number of hydrogen-bond donors (Lipinski definition) is 2. The van der Waals surface area contributed by atoms with Crippen molar-refractivity contribution >= 4 is 23.3 Å². The van der Waals surface area contributed by atoms with E-state index in [0.29, 0.717) is 19.6 Å². The second-order valence-corrected chi connectivity index (χ2v) is 7.58. The monoisotopic (exact) mass is 449 g/mol. The molecule has 0 radical (unpaired) electrons. The number of aliphatic carboxylic acids is 1. The number of piperidine rings is 1. The van der Waals surface area contributed by atoms with E-state index in [1.165, 1.54) is 0 Å². The van der Waals surface area contributed by atoms with Gasteiger partial charge in [-0.05, 0) is 32.9 Å². The maximum Gasteiger partial charge on any atom is 0.490 e. The Morgan fingerprint density at radius 3 is 2.57 bits per heavy atom. The smallest absolute Gasteiger partial charge is 0.475 e. The zero-order valence-electron chi connectivity index (χ0n) is 16.2. The van der Waals surface area contributed by atoms with Crippen molar-refractivity contribution in [2.24, 2.45) is 5.41 Å². The van der Waals surface area contributed by atoms with Crippen LogP contribution in [-0.2, 0) is 27.3 Å². The van der Waals surface area contributed by atoms with Crippen LogP contribution in [0, 0.1) is 5.41 Å². The van der Waals surface area contributed by atoms with Crippen LogP contribution in [0.4, 0.5) is 13.2 Å². The molecular formula is C17H22F3N5O4S. The molecule has 2 N–H and O–H groups in total. The van der Waals surface area contributed by atoms with Gasteiger partial charge in [-0.1, -0.05) is 5.21 Å². The predicted octanol–water partition coefficient (Wildman–Crippen LogP) is 1.89. The molecule has 2 aromatic heterocycles. The average molecular weight is 449 g/mol. The number of alkyl halides is 3. The summed E-state index contributed by atoms with van der Waals surface area (Å²) in [6.45, 7) is 4.57. The highest BCUT2D eigenvalue weighted by Crippen LogP contribution is 2.34. The Kier molecular flexibility index (Phi) is 8.29. The second-order valence-electron chi connectivity index (χ2n) is 6.61. The highest BCUT2D eigenvalue weighted by Gasteiger charge is 2.41. The van der Waals surface area contributed by atoms with E-state index in [4.69, 9.17) is 14.6 Å². The third-order valence-electron chi connectivity index (χ3n) is 4.42. The van der Waals surface area contributed by atoms with Crippen molar-refractivity contribution in [2.45, 2.75) is 38.9 Å². The van der Waals surface area contributed by atoms with Gasteiger partial charge in [0.25, 0.3) is 0 Å². The lowest BCUT2D eigenvalue weighted by Crippen LogP contribution is -2.44. The van der Waals surface area contributed by atoms with Gasteiger partial charge >= 0.3 is 18.1 Å². The fourth-order valence-electron chi connectivity index (χ4n) is 2.97. The maximum atomic E-state index is 12.5. The standard InChI is InChI=1S/C15H21N5O2S.C2HF3O2/c1-2-22-14(21)15(3-5-16-6-4-15)7-12-9-20(19-18-12)10-13-8-17-11-23-13;3-2(4,5)1(6)7/h8-9,11,16H,2-7,10H2,1H3;(H,6,7). The molecule has 30 heavy (non-hydrogen) atoms. The summed E-state index contributed by atoms with van der Waals surface area (Å²) in [6.07, 6.45) is 0.791. The van der Waals surface area contributed by atoms with Crippen molar-refractivity contribution in [1.29, 1.82) is 0 Å². The predicted molar refractivity (Wildman–Crippen MR) is 99.8 cm³/mol. The van der Waals surface area contributed by atoms with Gasteiger partial charge in [-0.25, -0.2) is 9.48 Å². The summed E-state index contributed by atoms with van der Waals surface area (Å²) < 4.78 is 38.9. The summed E-state index contributed by atoms with van der Waals surface area (Å²) in [4.78, 5) is 26.6. The van der Waals surface area contributed by atoms with E-state index >= 15 is 0 Å². The van der Waals surface area contributed by atoms with Crippen LogP contribution < -0.4 is 5.32 Å². The molecule has 1 aliphatic rings. The normalized spacial score (nSPS) is 15.7. The fourth-order valence-corrected chi connectivity index (χ4v) is 3.55. The molecule has 3 rings (SSSR count). The first-order chi connectivity index (χ1) is 14.2. The van der Waals surface area contributed by atoms with Crippen LogP contribution in [0.1, 0.15) is 30.3 Å². The number of carboxylic acid groups (broad SMARTS) is 1. The van der Waals surface area contributed by atoms with Gasteiger partial charge < -0.3 is 15.2 Å². The molecule has 2 aromatic rings. The third-order valence-corrected chi connectivity index (χ3v) is 5.18. The Labute approximate surface area is 174 Å². The molecule has 1 fully saturated rings. The molecular weight excluding hydrogens is 427 g/mol. The molecule has 9 nitrogen and oxygen atoms in total. The maximum absolute atomic E-state index is 12.5. The van der Waals surface area contributed by atoms with Crippen molar-refractivity contribution in [1.82, 2.24) is 25.3 Å². The number of nitrogens with zero attached hydrogens (tertiary/aromatic N) is 4. The van der Waals surface area contributed by atoms with Gasteiger partial charge in [0.1, 0.15) is 0 Å². The van der Waals surface area contributed by atoms with Crippen LogP contribution in [-0.4, -0.2) is 62.9 Å². The van der Waals surface area contributed by atoms with Gasteiger partial charge in [-0.2, -0.15) is 13.2 Å². The van der Waals surface area contributed by atoms with E-state index in [0.717, 1.165) is 36.5 Å². The molecule has 0 aromatic carbocycles. The Balaban J connectivity index is 0.000000396. The molecule has 3 heterocycles. The van der Waals surface area contributed by atoms with E-state index < -0.39 is 17.6 Å². The molecule has 166 valence electrons. The number of carbonyl (C=O) groups is 2. The fraction of sp³-hybridized carbons (Fsp3) is 0.588. The van der Waals surface area contributed by atoms with Crippen molar-refractivity contribution in [2.75, 3.05) is 19.7 Å². The average Bonchev–Trinajstić information content (AvgIpc) is 3.35. The summed E-state index contributed by atoms with van der Waals surface area (Å²) in [5.41, 5.74) is 2.16. The number of carbonyl (C=O) groups excluding carboxylic acids is 1. The van der Waals surface area contributed by atoms with E-state index in [1.54, 1.807) is 21.5 Å². The van der Waals surface area contributed by atoms with Gasteiger partial charge in [0.2, 0.25) is 0 Å². The zero-order chi connectivity index (χ0) is 22.2. The minimum absolute atomic E-state index is 0.112. The van der Waals surface area contributed by atoms with Crippen LogP contribution in [0.3, 0.4) is 0 Å². The number of halogens is 3. The van der Waals surface area contributed by atoms with Crippen molar-refractivity contribution < 1.29 is 32.6 Å². The lowest BCUT2D eigenvalue weighted by Gasteiger charge is -2.34. The molecule has 0 bridgehead atoms. The Bertz CT molecular complexity index is 820. The molecule has 1 saturated heterocycles. The molecule has 0 atom stereocenters. The number of ether oxygens (including phenoxy) is 1. The summed E-state index contributed by atoms with van der Waals surface area (Å²) in [6, 6.07) is 0. The zero-order valence-corrected chi connectivity index (χ0v) is 17.0. The number of aromatic nitrogens is 4. The molecule has 0 amide bonds. The summed E-state index contributed by atoms with van der Waals surface area (Å²) in [5.74, 6) is -2.87. The SMILES string of the molecule is CCOC(=O)C1(Cc2cn(Cc3cncs3)nn2)CCNCC1.O=C(O)C(F)(F)F. The second kappa shape index (κ2) is 10.5. The van der Waals surface area contributed by atoms with Crippen molar-refractivity contribution in [3.05, 3.63) is 28.5 Å². The van der Waals surface area contributed by atoms with E-state index in [-0.39, 0.29) is 5.97 Å². The molecule has 0 unspecified atom stereocenters. The van der Waals surface area contributed by atoms with Crippen LogP contribution in [0.5, 0.6) is 0 Å². The summed E-state index contributed by atoms with van der Waals surface area (Å²) >= 11 is 1.59. The topological polar surface area (TPSA) is 119 Å². The van der Waals surface area contributed by atoms with E-state index in [1.807, 2.05) is 19.3 Å². The Morgan fingerprint density at radius 2 is 2.03 bits per heavy atom. The molecule has 13 heteroatoms. The quantitative estimate of drug-likeness (QED) is 0.642. The van der Waals surface area contributed by atoms with Crippen LogP contribution in [0.15, 0.2) is 17.9 Å². The number of nitrogens with one attached hydrogen (secondary N) is 1. The lowest BCUT2D eigenvalue weighted by atomic mass is 9.75. The van der Waals surface area contributed by atoms with Gasteiger partial charge in [0.15, 0.2) is 0 Å². The molecule has 0 aliphatic carbocycles. The number of thiazole rings is 1. The number of hydrogen-bond acceptors (Lipinski definition) is 8. The summed E-state index contributed by atoms with van der Waals surface area (Å²) in [5, 5.41) is 18.8. The summed E-state index contributed by atoms with van der Waals surface area (Å²) in [7, 11) is 0. The minimum atomic E-state index is -5.08. The minimum Gasteiger partial charge on any atom is -0.475 e. The number of rotatable bonds is 6. The largest absolute Gasteiger partial charge is 0.490 e. The van der Waals surface area contributed by atoms with Gasteiger partial charge in [-0.3, -0.25) is 9.78 Å². The third kappa shape index (κ3) is 6.76. The number of esters is 1. The van der Waals surface area contributed by atoms with Crippen LogP contribution >= 0.6 is 11.3 Å². The highest BCUT2D eigenvalue weighted by atomic mass is 32.1. The molecule has 1 aliphatic heterocycles. The van der Waals surface area contributed by atoms with Crippen LogP contribution in [0.2, 0.25) is 0 Å². The Hall–Kier alpha value is -2.54. The molecule has 0 spiro atoms. The van der Waals surface area contributed by atoms with Gasteiger partial charge in [-0.15, -0.1) is 16.4 Å².